The standard InChI is InChI=1S/C14H16O2/c1-10-5-3-4-6-11-7-8-12(9-13(10)11)14(15)16-2/h5,7-9H,3-4,6H2,1-2H3. The van der Waals surface area contributed by atoms with E-state index in [1.54, 1.807) is 0 Å². The Morgan fingerprint density at radius 3 is 2.94 bits per heavy atom. The second-order valence-electron chi connectivity index (χ2n) is 4.14. The van der Waals surface area contributed by atoms with Gasteiger partial charge in [0.25, 0.3) is 0 Å². The molecule has 1 aliphatic rings. The third-order valence-corrected chi connectivity index (χ3v) is 3.06. The van der Waals surface area contributed by atoms with E-state index in [2.05, 4.69) is 13.0 Å². The van der Waals surface area contributed by atoms with Crippen molar-refractivity contribution in [1.82, 2.24) is 0 Å². The molecule has 0 saturated carbocycles. The summed E-state index contributed by atoms with van der Waals surface area (Å²) in [5.41, 5.74) is 4.42. The summed E-state index contributed by atoms with van der Waals surface area (Å²) >= 11 is 0. The molecule has 1 aliphatic carbocycles. The smallest absolute Gasteiger partial charge is 0.337 e. The Bertz CT molecular complexity index is 444. The number of methoxy groups -OCH3 is 1. The lowest BCUT2D eigenvalue weighted by molar-refractivity contribution is 0.0600. The van der Waals surface area contributed by atoms with E-state index in [-0.39, 0.29) is 5.97 Å². The van der Waals surface area contributed by atoms with Gasteiger partial charge in [-0.1, -0.05) is 12.1 Å². The van der Waals surface area contributed by atoms with Crippen LogP contribution in [0.25, 0.3) is 5.57 Å². The highest BCUT2D eigenvalue weighted by Gasteiger charge is 2.12. The number of esters is 1. The van der Waals surface area contributed by atoms with Crippen LogP contribution in [0.3, 0.4) is 0 Å². The third-order valence-electron chi connectivity index (χ3n) is 3.06. The number of ether oxygens (including phenoxy) is 1. The summed E-state index contributed by atoms with van der Waals surface area (Å²) in [6.45, 7) is 2.10. The average Bonchev–Trinajstić information content (AvgIpc) is 2.50. The van der Waals surface area contributed by atoms with Crippen LogP contribution in [0.4, 0.5) is 0 Å². The monoisotopic (exact) mass is 216 g/mol. The number of hydrogen-bond donors (Lipinski definition) is 0. The van der Waals surface area contributed by atoms with Gasteiger partial charge in [0, 0.05) is 0 Å². The molecule has 0 aromatic heterocycles. The van der Waals surface area contributed by atoms with Gasteiger partial charge in [-0.25, -0.2) is 4.79 Å². The minimum atomic E-state index is -0.264. The van der Waals surface area contributed by atoms with E-state index in [0.717, 1.165) is 12.8 Å². The van der Waals surface area contributed by atoms with Gasteiger partial charge in [0.2, 0.25) is 0 Å². The maximum atomic E-state index is 11.5. The summed E-state index contributed by atoms with van der Waals surface area (Å²) in [5.74, 6) is -0.264. The quantitative estimate of drug-likeness (QED) is 0.674. The van der Waals surface area contributed by atoms with Gasteiger partial charge in [-0.15, -0.1) is 0 Å². The fourth-order valence-electron chi connectivity index (χ4n) is 2.13. The van der Waals surface area contributed by atoms with Crippen molar-refractivity contribution in [2.24, 2.45) is 0 Å². The van der Waals surface area contributed by atoms with Crippen LogP contribution < -0.4 is 0 Å². The molecule has 0 fully saturated rings. The van der Waals surface area contributed by atoms with Crippen molar-refractivity contribution >= 4 is 11.5 Å². The lowest BCUT2D eigenvalue weighted by Crippen LogP contribution is -2.03. The van der Waals surface area contributed by atoms with Crippen LogP contribution in [0.15, 0.2) is 24.3 Å². The molecule has 0 aliphatic heterocycles. The van der Waals surface area contributed by atoms with E-state index in [1.807, 2.05) is 18.2 Å². The van der Waals surface area contributed by atoms with E-state index in [1.165, 1.54) is 30.2 Å². The Morgan fingerprint density at radius 1 is 1.38 bits per heavy atom. The highest BCUT2D eigenvalue weighted by Crippen LogP contribution is 2.26. The number of fused-ring (bicyclic) bond motifs is 1. The Kier molecular flexibility index (Phi) is 3.09. The highest BCUT2D eigenvalue weighted by molar-refractivity contribution is 5.90. The predicted octanol–water partition coefficient (Wildman–Crippen LogP) is 3.21. The first kappa shape index (κ1) is 10.9. The van der Waals surface area contributed by atoms with Crippen molar-refractivity contribution in [3.05, 3.63) is 41.0 Å². The van der Waals surface area contributed by atoms with Gasteiger partial charge in [-0.05, 0) is 55.0 Å². The van der Waals surface area contributed by atoms with Gasteiger partial charge in [-0.3, -0.25) is 0 Å². The Morgan fingerprint density at radius 2 is 2.19 bits per heavy atom. The number of benzene rings is 1. The molecule has 0 N–H and O–H groups in total. The molecule has 0 unspecified atom stereocenters. The molecule has 16 heavy (non-hydrogen) atoms. The summed E-state index contributed by atoms with van der Waals surface area (Å²) in [4.78, 5) is 11.5. The second kappa shape index (κ2) is 4.52. The van der Waals surface area contributed by atoms with Gasteiger partial charge in [0.1, 0.15) is 0 Å². The fraction of sp³-hybridized carbons (Fsp3) is 0.357. The topological polar surface area (TPSA) is 26.3 Å². The number of aryl methyl sites for hydroxylation is 1. The zero-order valence-electron chi connectivity index (χ0n) is 9.75. The molecule has 2 nitrogen and oxygen atoms in total. The number of carbonyl (C=O) groups excluding carboxylic acids is 1. The number of carbonyl (C=O) groups is 1. The SMILES string of the molecule is COC(=O)c1ccc2c(c1)C(C)=CCCC2. The van der Waals surface area contributed by atoms with Crippen molar-refractivity contribution in [3.63, 3.8) is 0 Å². The zero-order chi connectivity index (χ0) is 11.5. The van der Waals surface area contributed by atoms with Crippen LogP contribution in [-0.4, -0.2) is 13.1 Å². The maximum Gasteiger partial charge on any atom is 0.337 e. The highest BCUT2D eigenvalue weighted by atomic mass is 16.5. The van der Waals surface area contributed by atoms with E-state index in [9.17, 15) is 4.79 Å². The summed E-state index contributed by atoms with van der Waals surface area (Å²) in [5, 5.41) is 0. The van der Waals surface area contributed by atoms with E-state index in [4.69, 9.17) is 4.74 Å². The van der Waals surface area contributed by atoms with Gasteiger partial charge in [0.15, 0.2) is 0 Å². The lowest BCUT2D eigenvalue weighted by Gasteiger charge is -2.09. The summed E-state index contributed by atoms with van der Waals surface area (Å²) in [6.07, 6.45) is 5.63. The minimum Gasteiger partial charge on any atom is -0.465 e. The van der Waals surface area contributed by atoms with Crippen molar-refractivity contribution in [2.45, 2.75) is 26.2 Å². The minimum absolute atomic E-state index is 0.264. The maximum absolute atomic E-state index is 11.5. The van der Waals surface area contributed by atoms with Crippen LogP contribution in [0.5, 0.6) is 0 Å². The van der Waals surface area contributed by atoms with E-state index < -0.39 is 0 Å². The number of allylic oxidation sites excluding steroid dienone is 2. The summed E-state index contributed by atoms with van der Waals surface area (Å²) in [7, 11) is 1.41. The molecular formula is C14H16O2. The van der Waals surface area contributed by atoms with Gasteiger partial charge in [-0.2, -0.15) is 0 Å². The molecular weight excluding hydrogens is 200 g/mol. The molecule has 1 aromatic carbocycles. The molecule has 0 heterocycles. The molecule has 1 aromatic rings. The summed E-state index contributed by atoms with van der Waals surface area (Å²) < 4.78 is 4.74. The Hall–Kier alpha value is -1.57. The van der Waals surface area contributed by atoms with Gasteiger partial charge < -0.3 is 4.74 Å². The lowest BCUT2D eigenvalue weighted by atomic mass is 9.97. The van der Waals surface area contributed by atoms with Crippen molar-refractivity contribution in [3.8, 4) is 0 Å². The van der Waals surface area contributed by atoms with Crippen molar-refractivity contribution in [1.29, 1.82) is 0 Å². The molecule has 0 spiro atoms. The molecule has 2 rings (SSSR count). The largest absolute Gasteiger partial charge is 0.465 e. The number of rotatable bonds is 1. The molecule has 2 heteroatoms. The van der Waals surface area contributed by atoms with Crippen molar-refractivity contribution in [2.75, 3.05) is 7.11 Å². The zero-order valence-corrected chi connectivity index (χ0v) is 9.75. The van der Waals surface area contributed by atoms with Gasteiger partial charge in [0.05, 0.1) is 12.7 Å². The van der Waals surface area contributed by atoms with Crippen LogP contribution >= 0.6 is 0 Å². The van der Waals surface area contributed by atoms with Gasteiger partial charge >= 0.3 is 5.97 Å². The van der Waals surface area contributed by atoms with Crippen LogP contribution in [0.1, 0.15) is 41.3 Å². The molecule has 0 bridgehead atoms. The van der Waals surface area contributed by atoms with Crippen LogP contribution in [-0.2, 0) is 11.2 Å². The fourth-order valence-corrected chi connectivity index (χ4v) is 2.13. The summed E-state index contributed by atoms with van der Waals surface area (Å²) in [6, 6.07) is 5.84. The predicted molar refractivity (Wildman–Crippen MR) is 64.4 cm³/mol. The van der Waals surface area contributed by atoms with Crippen LogP contribution in [0.2, 0.25) is 0 Å². The first-order valence-corrected chi connectivity index (χ1v) is 5.61. The van der Waals surface area contributed by atoms with Crippen LogP contribution in [0, 0.1) is 0 Å². The Labute approximate surface area is 95.9 Å². The average molecular weight is 216 g/mol. The first-order valence-electron chi connectivity index (χ1n) is 5.61. The first-order chi connectivity index (χ1) is 7.72. The molecule has 0 atom stereocenters. The normalized spacial score (nSPS) is 14.8. The Balaban J connectivity index is 2.46. The van der Waals surface area contributed by atoms with E-state index >= 15 is 0 Å². The molecule has 0 amide bonds. The second-order valence-corrected chi connectivity index (χ2v) is 4.14. The van der Waals surface area contributed by atoms with E-state index in [0.29, 0.717) is 5.56 Å². The number of hydrogen-bond acceptors (Lipinski definition) is 2. The molecule has 0 radical (unpaired) electrons. The third kappa shape index (κ3) is 2.01. The molecule has 84 valence electrons. The molecule has 0 saturated heterocycles. The van der Waals surface area contributed by atoms with Crippen molar-refractivity contribution < 1.29 is 9.53 Å².